The molecule has 4 heteroatoms. The lowest BCUT2D eigenvalue weighted by Crippen LogP contribution is -2.11. The van der Waals surface area contributed by atoms with Crippen molar-refractivity contribution in [3.63, 3.8) is 0 Å². The minimum atomic E-state index is -1.55. The van der Waals surface area contributed by atoms with Gasteiger partial charge in [-0.3, -0.25) is 4.52 Å². The van der Waals surface area contributed by atoms with E-state index in [1.807, 2.05) is 12.1 Å². The molecule has 0 spiro atoms. The summed E-state index contributed by atoms with van der Waals surface area (Å²) in [4.78, 5) is 0. The molecule has 0 radical (unpaired) electrons. The summed E-state index contributed by atoms with van der Waals surface area (Å²) in [6, 6.07) is 14.8. The van der Waals surface area contributed by atoms with E-state index in [1.54, 1.807) is 0 Å². The lowest BCUT2D eigenvalue weighted by Gasteiger charge is -2.23. The zero-order valence-electron chi connectivity index (χ0n) is 29.2. The van der Waals surface area contributed by atoms with Crippen LogP contribution in [0.15, 0.2) is 42.5 Å². The fraction of sp³-hybridized carbons (Fsp3) is 0.692. The monoisotopic (exact) mass is 612 g/mol. The van der Waals surface area contributed by atoms with Crippen LogP contribution in [0.2, 0.25) is 0 Å². The summed E-state index contributed by atoms with van der Waals surface area (Å²) in [6.07, 6.45) is 21.8. The van der Waals surface area contributed by atoms with Gasteiger partial charge >= 0.3 is 8.60 Å². The van der Waals surface area contributed by atoms with Crippen LogP contribution in [0.5, 0.6) is 11.5 Å². The van der Waals surface area contributed by atoms with Crippen LogP contribution in [-0.4, -0.2) is 6.61 Å². The van der Waals surface area contributed by atoms with Crippen molar-refractivity contribution in [3.8, 4) is 11.5 Å². The molecule has 0 aliphatic carbocycles. The van der Waals surface area contributed by atoms with Gasteiger partial charge in [0.1, 0.15) is 11.5 Å². The van der Waals surface area contributed by atoms with Gasteiger partial charge in [0.25, 0.3) is 0 Å². The van der Waals surface area contributed by atoms with Crippen LogP contribution in [0.3, 0.4) is 0 Å². The maximum Gasteiger partial charge on any atom is 0.463 e. The second kappa shape index (κ2) is 20.5. The Morgan fingerprint density at radius 3 is 1.42 bits per heavy atom. The third-order valence-corrected chi connectivity index (χ3v) is 9.41. The normalized spacial score (nSPS) is 12.8. The number of benzene rings is 2. The first-order valence-corrected chi connectivity index (χ1v) is 18.6. The van der Waals surface area contributed by atoms with E-state index >= 15 is 0 Å². The molecule has 1 atom stereocenters. The first-order chi connectivity index (χ1) is 20.5. The summed E-state index contributed by atoms with van der Waals surface area (Å²) in [5.41, 5.74) is 3.90. The van der Waals surface area contributed by atoms with Crippen LogP contribution in [-0.2, 0) is 15.4 Å². The zero-order valence-corrected chi connectivity index (χ0v) is 30.1. The average Bonchev–Trinajstić information content (AvgIpc) is 2.95. The Bertz CT molecular complexity index is 987. The average molecular weight is 613 g/mol. The van der Waals surface area contributed by atoms with Gasteiger partial charge < -0.3 is 9.05 Å². The number of hydrogen-bond donors (Lipinski definition) is 0. The van der Waals surface area contributed by atoms with Crippen LogP contribution in [0.1, 0.15) is 168 Å². The van der Waals surface area contributed by atoms with Crippen molar-refractivity contribution in [2.75, 3.05) is 6.61 Å². The summed E-state index contributed by atoms with van der Waals surface area (Å²) < 4.78 is 18.9. The van der Waals surface area contributed by atoms with Crippen molar-refractivity contribution in [1.29, 1.82) is 0 Å². The molecule has 0 fully saturated rings. The van der Waals surface area contributed by atoms with Crippen LogP contribution >= 0.6 is 8.60 Å². The molecule has 0 aromatic heterocycles. The summed E-state index contributed by atoms with van der Waals surface area (Å²) in [7, 11) is -1.55. The van der Waals surface area contributed by atoms with E-state index in [9.17, 15) is 0 Å². The molecule has 0 saturated heterocycles. The molecule has 0 aliphatic heterocycles. The van der Waals surface area contributed by atoms with Crippen LogP contribution < -0.4 is 9.05 Å². The predicted octanol–water partition coefficient (Wildman–Crippen LogP) is 13.6. The van der Waals surface area contributed by atoms with Gasteiger partial charge in [-0.05, 0) is 59.1 Å². The molecular weight excluding hydrogens is 547 g/mol. The van der Waals surface area contributed by atoms with Crippen molar-refractivity contribution >= 4 is 8.60 Å². The molecule has 2 rings (SSSR count). The van der Waals surface area contributed by atoms with E-state index in [0.717, 1.165) is 23.5 Å². The first-order valence-electron chi connectivity index (χ1n) is 17.5. The highest BCUT2D eigenvalue weighted by Gasteiger charge is 2.21. The fourth-order valence-corrected chi connectivity index (χ4v) is 6.34. The highest BCUT2D eigenvalue weighted by molar-refractivity contribution is 7.42. The van der Waals surface area contributed by atoms with Crippen LogP contribution in [0.25, 0.3) is 0 Å². The van der Waals surface area contributed by atoms with Gasteiger partial charge in [0.2, 0.25) is 0 Å². The molecule has 0 N–H and O–H groups in total. The Morgan fingerprint density at radius 2 is 0.977 bits per heavy atom. The van der Waals surface area contributed by atoms with Crippen molar-refractivity contribution in [2.24, 2.45) is 0 Å². The van der Waals surface area contributed by atoms with Crippen molar-refractivity contribution in [3.05, 3.63) is 59.2 Å². The van der Waals surface area contributed by atoms with Gasteiger partial charge in [0.05, 0.1) is 6.61 Å². The SMILES string of the molecule is CCCCCCCCCCCCCCCCCCOP(Oc1ccc(C(C)(C)C)cc1)Oc1ccc(C(C)(C)C)cc1C. The molecule has 2 aromatic carbocycles. The molecule has 2 aromatic rings. The molecule has 0 amide bonds. The highest BCUT2D eigenvalue weighted by atomic mass is 31.2. The molecule has 0 saturated carbocycles. The molecule has 0 heterocycles. The minimum Gasteiger partial charge on any atom is -0.418 e. The summed E-state index contributed by atoms with van der Waals surface area (Å²) in [5.74, 6) is 1.62. The molecular formula is C39H65O3P. The summed E-state index contributed by atoms with van der Waals surface area (Å²) in [5, 5.41) is 0. The lowest BCUT2D eigenvalue weighted by atomic mass is 9.86. The number of unbranched alkanes of at least 4 members (excludes halogenated alkanes) is 15. The fourth-order valence-electron chi connectivity index (χ4n) is 5.26. The zero-order chi connectivity index (χ0) is 31.6. The van der Waals surface area contributed by atoms with E-state index in [2.05, 4.69) is 85.7 Å². The molecule has 0 aliphatic rings. The van der Waals surface area contributed by atoms with E-state index in [1.165, 1.54) is 107 Å². The molecule has 0 bridgehead atoms. The van der Waals surface area contributed by atoms with Crippen LogP contribution in [0.4, 0.5) is 0 Å². The van der Waals surface area contributed by atoms with E-state index < -0.39 is 8.60 Å². The molecule has 1 unspecified atom stereocenters. The largest absolute Gasteiger partial charge is 0.463 e. The Balaban J connectivity index is 1.72. The van der Waals surface area contributed by atoms with Crippen LogP contribution in [0, 0.1) is 6.92 Å². The Kier molecular flexibility index (Phi) is 17.9. The minimum absolute atomic E-state index is 0.100. The maximum atomic E-state index is 6.36. The quantitative estimate of drug-likeness (QED) is 0.0978. The van der Waals surface area contributed by atoms with Gasteiger partial charge in [-0.1, -0.05) is 169 Å². The lowest BCUT2D eigenvalue weighted by molar-refractivity contribution is 0.258. The van der Waals surface area contributed by atoms with E-state index in [4.69, 9.17) is 13.6 Å². The Labute approximate surface area is 267 Å². The molecule has 244 valence electrons. The molecule has 43 heavy (non-hydrogen) atoms. The molecule has 3 nitrogen and oxygen atoms in total. The van der Waals surface area contributed by atoms with Crippen molar-refractivity contribution in [2.45, 2.75) is 169 Å². The first kappa shape index (κ1) is 37.6. The predicted molar refractivity (Wildman–Crippen MR) is 189 cm³/mol. The second-order valence-electron chi connectivity index (χ2n) is 14.5. The van der Waals surface area contributed by atoms with E-state index in [0.29, 0.717) is 6.61 Å². The Morgan fingerprint density at radius 1 is 0.535 bits per heavy atom. The third-order valence-electron chi connectivity index (χ3n) is 8.31. The second-order valence-corrected chi connectivity index (χ2v) is 15.6. The van der Waals surface area contributed by atoms with Gasteiger partial charge in [0, 0.05) is 0 Å². The van der Waals surface area contributed by atoms with Gasteiger partial charge in [0.15, 0.2) is 0 Å². The topological polar surface area (TPSA) is 27.7 Å². The van der Waals surface area contributed by atoms with E-state index in [-0.39, 0.29) is 10.8 Å². The Hall–Kier alpha value is -1.57. The highest BCUT2D eigenvalue weighted by Crippen LogP contribution is 2.43. The summed E-state index contributed by atoms with van der Waals surface area (Å²) >= 11 is 0. The smallest absolute Gasteiger partial charge is 0.418 e. The van der Waals surface area contributed by atoms with Crippen molar-refractivity contribution < 1.29 is 13.6 Å². The number of rotatable bonds is 22. The maximum absolute atomic E-state index is 6.36. The van der Waals surface area contributed by atoms with Gasteiger partial charge in [-0.15, -0.1) is 0 Å². The summed E-state index contributed by atoms with van der Waals surface area (Å²) in [6.45, 7) is 18.4. The standard InChI is InChI=1S/C39H65O3P/c1-9-10-11-12-13-14-15-16-17-18-19-20-21-22-23-24-31-40-43(41-36-28-25-34(26-29-36)38(3,4)5)42-37-30-27-35(32-33(37)2)39(6,7)8/h25-30,32H,9-24,31H2,1-8H3. The van der Waals surface area contributed by atoms with Gasteiger partial charge in [-0.25, -0.2) is 0 Å². The number of hydrogen-bond acceptors (Lipinski definition) is 3. The van der Waals surface area contributed by atoms with Crippen molar-refractivity contribution in [1.82, 2.24) is 0 Å². The van der Waals surface area contributed by atoms with Gasteiger partial charge in [-0.2, -0.15) is 0 Å². The number of aryl methyl sites for hydroxylation is 1. The third kappa shape index (κ3) is 16.4.